The van der Waals surface area contributed by atoms with Gasteiger partial charge in [0.1, 0.15) is 0 Å². The number of aliphatic hydroxyl groups is 1. The Morgan fingerprint density at radius 2 is 2.25 bits per heavy atom. The van der Waals surface area contributed by atoms with E-state index < -0.39 is 0 Å². The zero-order chi connectivity index (χ0) is 6.15. The normalized spacial score (nSPS) is 40.9. The molecule has 0 bridgehead atoms. The first-order valence-corrected chi connectivity index (χ1v) is 3.08. The smallest absolute Gasteiger partial charge is 0.0681 e. The Labute approximate surface area is 50.1 Å². The van der Waals surface area contributed by atoms with Gasteiger partial charge in [-0.3, -0.25) is 0 Å². The van der Waals surface area contributed by atoms with E-state index in [1.165, 1.54) is 0 Å². The van der Waals surface area contributed by atoms with Crippen LogP contribution in [-0.2, 0) is 0 Å². The predicted molar refractivity (Wildman–Crippen MR) is 32.7 cm³/mol. The van der Waals surface area contributed by atoms with Gasteiger partial charge in [0, 0.05) is 12.6 Å². The highest BCUT2D eigenvalue weighted by molar-refractivity contribution is 4.78. The number of likely N-dealkylation sites (N-methyl/N-ethyl adjacent to an activating group) is 1. The van der Waals surface area contributed by atoms with Crippen molar-refractivity contribution in [2.75, 3.05) is 13.6 Å². The molecule has 0 aliphatic carbocycles. The molecule has 0 saturated carbocycles. The van der Waals surface area contributed by atoms with E-state index in [1.807, 2.05) is 7.05 Å². The summed E-state index contributed by atoms with van der Waals surface area (Å²) in [6.07, 6.45) is 0.867. The highest BCUT2D eigenvalue weighted by Crippen LogP contribution is 2.13. The van der Waals surface area contributed by atoms with Crippen LogP contribution in [0.5, 0.6) is 0 Å². The Hall–Kier alpha value is -0.0800. The molecule has 8 heavy (non-hydrogen) atoms. The second-order valence-electron chi connectivity index (χ2n) is 2.68. The molecule has 0 amide bonds. The second kappa shape index (κ2) is 2.03. The molecule has 2 nitrogen and oxygen atoms in total. The Balaban J connectivity index is 2.39. The van der Waals surface area contributed by atoms with E-state index in [9.17, 15) is 0 Å². The van der Waals surface area contributed by atoms with Gasteiger partial charge in [0.05, 0.1) is 6.10 Å². The van der Waals surface area contributed by atoms with E-state index in [-0.39, 0.29) is 6.10 Å². The van der Waals surface area contributed by atoms with Gasteiger partial charge in [-0.05, 0) is 20.4 Å². The number of nitrogens with zero attached hydrogens (tertiary/aromatic N) is 1. The minimum Gasteiger partial charge on any atom is -0.392 e. The van der Waals surface area contributed by atoms with Crippen LogP contribution in [0, 0.1) is 0 Å². The van der Waals surface area contributed by atoms with Gasteiger partial charge >= 0.3 is 0 Å². The van der Waals surface area contributed by atoms with Crippen LogP contribution >= 0.6 is 0 Å². The molecule has 1 fully saturated rings. The molecule has 0 aromatic rings. The molecule has 2 unspecified atom stereocenters. The van der Waals surface area contributed by atoms with Crippen molar-refractivity contribution >= 4 is 0 Å². The molecule has 1 aliphatic rings. The van der Waals surface area contributed by atoms with Crippen molar-refractivity contribution in [2.45, 2.75) is 25.5 Å². The largest absolute Gasteiger partial charge is 0.392 e. The van der Waals surface area contributed by atoms with Gasteiger partial charge in [0.25, 0.3) is 0 Å². The highest BCUT2D eigenvalue weighted by atomic mass is 16.3. The Morgan fingerprint density at radius 1 is 1.62 bits per heavy atom. The Bertz CT molecular complexity index is 74.6. The SMILES string of the molecule is CC1CC(O)CN1C. The Morgan fingerprint density at radius 3 is 2.38 bits per heavy atom. The average Bonchev–Trinajstić information content (AvgIpc) is 1.85. The first kappa shape index (κ1) is 6.05. The summed E-state index contributed by atoms with van der Waals surface area (Å²) in [5.74, 6) is 0. The summed E-state index contributed by atoms with van der Waals surface area (Å²) < 4.78 is 0. The van der Waals surface area contributed by atoms with Gasteiger partial charge in [-0.25, -0.2) is 0 Å². The van der Waals surface area contributed by atoms with E-state index in [1.54, 1.807) is 0 Å². The number of likely N-dealkylation sites (tertiary alicyclic amines) is 1. The first-order valence-electron chi connectivity index (χ1n) is 3.08. The second-order valence-corrected chi connectivity index (χ2v) is 2.68. The van der Waals surface area contributed by atoms with Gasteiger partial charge in [0.15, 0.2) is 0 Å². The van der Waals surface area contributed by atoms with Crippen LogP contribution in [0.3, 0.4) is 0 Å². The van der Waals surface area contributed by atoms with Crippen molar-refractivity contribution in [1.82, 2.24) is 4.90 Å². The molecule has 1 saturated heterocycles. The molecule has 0 radical (unpaired) electrons. The van der Waals surface area contributed by atoms with Crippen molar-refractivity contribution < 1.29 is 5.11 Å². The summed E-state index contributed by atoms with van der Waals surface area (Å²) in [4.78, 5) is 2.17. The summed E-state index contributed by atoms with van der Waals surface area (Å²) in [5.41, 5.74) is 0. The third kappa shape index (κ3) is 1.01. The van der Waals surface area contributed by atoms with Crippen LogP contribution in [0.2, 0.25) is 0 Å². The molecule has 1 heterocycles. The first-order chi connectivity index (χ1) is 3.70. The van der Waals surface area contributed by atoms with Crippen LogP contribution in [-0.4, -0.2) is 35.7 Å². The Kier molecular flexibility index (Phi) is 1.54. The number of hydrogen-bond donors (Lipinski definition) is 1. The molecule has 48 valence electrons. The van der Waals surface area contributed by atoms with Crippen molar-refractivity contribution in [3.8, 4) is 0 Å². The molecule has 1 rings (SSSR count). The van der Waals surface area contributed by atoms with Crippen molar-refractivity contribution in [2.24, 2.45) is 0 Å². The molecule has 0 aromatic carbocycles. The van der Waals surface area contributed by atoms with Crippen molar-refractivity contribution in [3.63, 3.8) is 0 Å². The summed E-state index contributed by atoms with van der Waals surface area (Å²) in [6.45, 7) is 2.98. The number of rotatable bonds is 0. The highest BCUT2D eigenvalue weighted by Gasteiger charge is 2.23. The van der Waals surface area contributed by atoms with Gasteiger partial charge in [-0.1, -0.05) is 0 Å². The molecular weight excluding hydrogens is 102 g/mol. The lowest BCUT2D eigenvalue weighted by Crippen LogP contribution is -2.21. The molecule has 0 spiro atoms. The van der Waals surface area contributed by atoms with Crippen LogP contribution in [0.25, 0.3) is 0 Å². The average molecular weight is 115 g/mol. The monoisotopic (exact) mass is 115 g/mol. The van der Waals surface area contributed by atoms with Gasteiger partial charge < -0.3 is 10.0 Å². The van der Waals surface area contributed by atoms with Gasteiger partial charge in [0.2, 0.25) is 0 Å². The van der Waals surface area contributed by atoms with Crippen molar-refractivity contribution in [3.05, 3.63) is 0 Å². The third-order valence-corrected chi connectivity index (χ3v) is 1.86. The van der Waals surface area contributed by atoms with E-state index >= 15 is 0 Å². The molecule has 0 aromatic heterocycles. The topological polar surface area (TPSA) is 23.5 Å². The lowest BCUT2D eigenvalue weighted by Gasteiger charge is -2.11. The summed E-state index contributed by atoms with van der Waals surface area (Å²) in [5, 5.41) is 9.03. The van der Waals surface area contributed by atoms with Crippen LogP contribution in [0.15, 0.2) is 0 Å². The molecule has 2 heteroatoms. The maximum Gasteiger partial charge on any atom is 0.0681 e. The minimum atomic E-state index is -0.0741. The lowest BCUT2D eigenvalue weighted by molar-refractivity contribution is 0.182. The van der Waals surface area contributed by atoms with Crippen LogP contribution in [0.1, 0.15) is 13.3 Å². The molecule has 1 aliphatic heterocycles. The summed E-state index contributed by atoms with van der Waals surface area (Å²) in [7, 11) is 2.04. The van der Waals surface area contributed by atoms with E-state index in [4.69, 9.17) is 5.11 Å². The fourth-order valence-corrected chi connectivity index (χ4v) is 1.16. The molecule has 1 N–H and O–H groups in total. The van der Waals surface area contributed by atoms with Crippen LogP contribution in [0.4, 0.5) is 0 Å². The standard InChI is InChI=1S/C6H13NO/c1-5-3-6(8)4-7(5)2/h5-6,8H,3-4H2,1-2H3. The van der Waals surface area contributed by atoms with Crippen LogP contribution < -0.4 is 0 Å². The van der Waals surface area contributed by atoms with Crippen molar-refractivity contribution in [1.29, 1.82) is 0 Å². The zero-order valence-corrected chi connectivity index (χ0v) is 5.46. The molecule has 2 atom stereocenters. The zero-order valence-electron chi connectivity index (χ0n) is 5.46. The fraction of sp³-hybridized carbons (Fsp3) is 1.00. The number of β-amino-alcohol motifs (C(OH)–C–C–N with tert-alkyl or cyclic N) is 1. The van der Waals surface area contributed by atoms with Gasteiger partial charge in [-0.15, -0.1) is 0 Å². The minimum absolute atomic E-state index is 0.0741. The summed E-state index contributed by atoms with van der Waals surface area (Å²) >= 11 is 0. The fourth-order valence-electron chi connectivity index (χ4n) is 1.16. The predicted octanol–water partition coefficient (Wildman–Crippen LogP) is 0.0713. The maximum atomic E-state index is 9.03. The maximum absolute atomic E-state index is 9.03. The lowest BCUT2D eigenvalue weighted by atomic mass is 10.2. The third-order valence-electron chi connectivity index (χ3n) is 1.86. The summed E-state index contributed by atoms with van der Waals surface area (Å²) in [6, 6.07) is 0.574. The van der Waals surface area contributed by atoms with Gasteiger partial charge in [-0.2, -0.15) is 0 Å². The van der Waals surface area contributed by atoms with E-state index in [0.29, 0.717) is 6.04 Å². The van der Waals surface area contributed by atoms with E-state index in [0.717, 1.165) is 13.0 Å². The molecular formula is C6H13NO. The quantitative estimate of drug-likeness (QED) is 0.483. The van der Waals surface area contributed by atoms with E-state index in [2.05, 4.69) is 11.8 Å². The number of hydrogen-bond acceptors (Lipinski definition) is 2. The number of aliphatic hydroxyl groups excluding tert-OH is 1.